The molecule has 8 rings (SSSR count). The van der Waals surface area contributed by atoms with Crippen molar-refractivity contribution in [3.63, 3.8) is 0 Å². The first kappa shape index (κ1) is 114. The maximum Gasteiger partial charge on any atom is 2.00 e. The Morgan fingerprint density at radius 1 is 0.198 bits per heavy atom. The molecule has 0 bridgehead atoms. The molecule has 0 aliphatic carbocycles. The molecule has 0 aliphatic heterocycles. The molecule has 8 aromatic rings. The number of aromatic nitrogens is 4. The maximum atomic E-state index is 11.0. The van der Waals surface area contributed by atoms with E-state index in [1.807, 2.05) is 201 Å². The van der Waals surface area contributed by atoms with Gasteiger partial charge in [-0.15, -0.1) is 0 Å². The summed E-state index contributed by atoms with van der Waals surface area (Å²) in [6, 6.07) is 53.3. The molecule has 20 nitrogen and oxygen atoms in total. The van der Waals surface area contributed by atoms with Crippen molar-refractivity contribution in [3.8, 4) is 0 Å². The SMILES string of the molecule is CC(C)(Cc1cccc(CC(C)(C)C(=O)[O-])c1)C(=O)[O-].CC(C)(Cc1cccc(CC(C)(C)C(=O)[O-])c1)C(=O)[O-].CC(C)(Cc1cccc(CC(C)(C)C(=O)[O-])c1)C(=O)[O-].CC(C)(Cc1cccc(CC(C)(C)C(=O)[O-])c1)C(=O)[O-].Cc1cccc(C)n1.Cc1cccc(C)n1.Cc1cccc(C)n1.Cc1cccc(C)n1.[Rh+2].[Rh+2].[Rh+2].[Rh+2]. The van der Waals surface area contributed by atoms with Gasteiger partial charge in [0.05, 0.1) is 0 Å². The van der Waals surface area contributed by atoms with Gasteiger partial charge in [-0.05, 0) is 200 Å². The number of hydrogen-bond donors (Lipinski definition) is 0. The number of aliphatic carboxylic acids is 8. The quantitative estimate of drug-likeness (QED) is 0.0516. The number of carboxylic acid groups (broad SMARTS) is 8. The molecule has 0 spiro atoms. The molecule has 0 saturated carbocycles. The Morgan fingerprint density at radius 2 is 0.284 bits per heavy atom. The zero-order valence-corrected chi connectivity index (χ0v) is 78.0. The van der Waals surface area contributed by atoms with Gasteiger partial charge in [0, 0.05) is 137 Å². The number of aryl methyl sites for hydroxylation is 8. The molecule has 4 aromatic heterocycles. The second-order valence-corrected chi connectivity index (χ2v) is 33.7. The molecular formula is C92H116N4O16Rh4. The first-order chi connectivity index (χ1) is 51.3. The number of hydrogen-bond acceptors (Lipinski definition) is 20. The van der Waals surface area contributed by atoms with Crippen LogP contribution in [0.3, 0.4) is 0 Å². The van der Waals surface area contributed by atoms with Crippen LogP contribution in [0.1, 0.15) is 201 Å². The second kappa shape index (κ2) is 51.8. The van der Waals surface area contributed by atoms with Crippen LogP contribution in [0.25, 0.3) is 0 Å². The molecule has 0 fully saturated rings. The molecule has 0 amide bonds. The van der Waals surface area contributed by atoms with Crippen LogP contribution >= 0.6 is 0 Å². The molecule has 0 atom stereocenters. The van der Waals surface area contributed by atoms with Crippen molar-refractivity contribution in [3.05, 3.63) is 260 Å². The predicted molar refractivity (Wildman–Crippen MR) is 421 cm³/mol. The van der Waals surface area contributed by atoms with E-state index < -0.39 is 91.1 Å². The summed E-state index contributed by atoms with van der Waals surface area (Å²) in [5.41, 5.74) is 7.88. The normalized spacial score (nSPS) is 11.0. The molecule has 0 saturated heterocycles. The number of carbonyl (C=O) groups is 8. The fourth-order valence-corrected chi connectivity index (χ4v) is 10.8. The first-order valence-corrected chi connectivity index (χ1v) is 37.0. The van der Waals surface area contributed by atoms with Gasteiger partial charge in [-0.1, -0.05) is 232 Å². The molecular weight excluding hydrogens is 1830 g/mol. The first-order valence-electron chi connectivity index (χ1n) is 37.0. The molecule has 4 aromatic carbocycles. The van der Waals surface area contributed by atoms with E-state index in [1.165, 1.54) is 0 Å². The third-order valence-electron chi connectivity index (χ3n) is 17.7. The summed E-state index contributed by atoms with van der Waals surface area (Å²) in [5.74, 6) is -8.79. The van der Waals surface area contributed by atoms with Gasteiger partial charge >= 0.3 is 77.9 Å². The van der Waals surface area contributed by atoms with Crippen molar-refractivity contribution in [1.82, 2.24) is 19.9 Å². The Balaban J connectivity index is -0.000000633. The van der Waals surface area contributed by atoms with Gasteiger partial charge in [0.2, 0.25) is 0 Å². The van der Waals surface area contributed by atoms with Crippen molar-refractivity contribution < 1.29 is 157 Å². The Hall–Kier alpha value is -8.27. The maximum absolute atomic E-state index is 11.0. The van der Waals surface area contributed by atoms with Gasteiger partial charge in [0.15, 0.2) is 0 Å². The van der Waals surface area contributed by atoms with E-state index in [0.717, 1.165) is 90.1 Å². The minimum atomic E-state index is -1.10. The third kappa shape index (κ3) is 45.5. The van der Waals surface area contributed by atoms with Gasteiger partial charge in [-0.3, -0.25) is 19.9 Å². The average molecular weight is 1950 g/mol. The van der Waals surface area contributed by atoms with Crippen LogP contribution in [-0.4, -0.2) is 67.7 Å². The fourth-order valence-electron chi connectivity index (χ4n) is 10.8. The zero-order chi connectivity index (χ0) is 86.1. The van der Waals surface area contributed by atoms with Crippen molar-refractivity contribution >= 4 is 47.8 Å². The van der Waals surface area contributed by atoms with Crippen LogP contribution in [0.2, 0.25) is 0 Å². The number of carbonyl (C=O) groups excluding carboxylic acids is 8. The van der Waals surface area contributed by atoms with Crippen LogP contribution in [0.15, 0.2) is 170 Å². The van der Waals surface area contributed by atoms with E-state index in [1.54, 1.807) is 135 Å². The summed E-state index contributed by atoms with van der Waals surface area (Å²) in [5, 5.41) is 88.3. The van der Waals surface area contributed by atoms with Crippen molar-refractivity contribution in [2.45, 2.75) is 218 Å². The Kier molecular flexibility index (Phi) is 51.0. The number of nitrogens with zero attached hydrogens (tertiary/aromatic N) is 4. The van der Waals surface area contributed by atoms with Crippen molar-refractivity contribution in [2.24, 2.45) is 43.3 Å². The van der Waals surface area contributed by atoms with E-state index in [0.29, 0.717) is 51.4 Å². The number of carboxylic acids is 8. The topological polar surface area (TPSA) is 373 Å². The Bertz CT molecular complexity index is 3640. The molecule has 0 unspecified atom stereocenters. The molecule has 636 valence electrons. The molecule has 0 aliphatic rings. The standard InChI is InChI=1S/4C16H22O4.4C7H9N.4Rh/c4*1-15(2,13(17)18)9-11-6-5-7-12(8-11)10-16(3,4)14(19)20;4*1-6-4-3-5-7(2)8-6;;;;/h4*5-8H,9-10H2,1-4H3,(H,17,18)(H,19,20);4*3-5H,1-2H3;;;;/q;;;;;;;;4*+2/p-8. The molecule has 24 heteroatoms. The molecule has 4 heterocycles. The van der Waals surface area contributed by atoms with Gasteiger partial charge in [-0.25, -0.2) is 0 Å². The number of pyridine rings is 4. The van der Waals surface area contributed by atoms with Crippen LogP contribution in [-0.2, 0) is 168 Å². The Labute approximate surface area is 739 Å². The zero-order valence-electron chi connectivity index (χ0n) is 71.5. The molecule has 4 radical (unpaired) electrons. The van der Waals surface area contributed by atoms with E-state index in [9.17, 15) is 79.2 Å². The third-order valence-corrected chi connectivity index (χ3v) is 17.7. The van der Waals surface area contributed by atoms with E-state index in [4.69, 9.17) is 0 Å². The van der Waals surface area contributed by atoms with Gasteiger partial charge in [0.25, 0.3) is 0 Å². The minimum Gasteiger partial charge on any atom is -0.550 e. The van der Waals surface area contributed by atoms with E-state index in [2.05, 4.69) is 19.9 Å². The number of rotatable bonds is 24. The summed E-state index contributed by atoms with van der Waals surface area (Å²) in [7, 11) is 0. The fraction of sp³-hybridized carbons (Fsp3) is 0.435. The van der Waals surface area contributed by atoms with Gasteiger partial charge in [-0.2, -0.15) is 0 Å². The molecule has 0 N–H and O–H groups in total. The predicted octanol–water partition coefficient (Wildman–Crippen LogP) is 8.08. The van der Waals surface area contributed by atoms with E-state index in [-0.39, 0.29) is 77.9 Å². The molecule has 116 heavy (non-hydrogen) atoms. The summed E-state index contributed by atoms with van der Waals surface area (Å²) < 4.78 is 0. The largest absolute Gasteiger partial charge is 2.00 e. The van der Waals surface area contributed by atoms with Gasteiger partial charge in [0.1, 0.15) is 0 Å². The van der Waals surface area contributed by atoms with E-state index >= 15 is 0 Å². The monoisotopic (exact) mass is 1940 g/mol. The van der Waals surface area contributed by atoms with Crippen LogP contribution in [0, 0.1) is 98.7 Å². The summed E-state index contributed by atoms with van der Waals surface area (Å²) in [4.78, 5) is 105. The summed E-state index contributed by atoms with van der Waals surface area (Å²) in [6.07, 6.45) is 2.74. The minimum absolute atomic E-state index is 0. The van der Waals surface area contributed by atoms with Crippen LogP contribution < -0.4 is 40.9 Å². The summed E-state index contributed by atoms with van der Waals surface area (Å²) in [6.45, 7) is 41.7. The second-order valence-electron chi connectivity index (χ2n) is 33.7. The smallest absolute Gasteiger partial charge is 0.550 e. The van der Waals surface area contributed by atoms with Crippen molar-refractivity contribution in [1.29, 1.82) is 0 Å². The Morgan fingerprint density at radius 3 is 0.353 bits per heavy atom. The number of benzene rings is 4. The van der Waals surface area contributed by atoms with Crippen LogP contribution in [0.5, 0.6) is 0 Å². The van der Waals surface area contributed by atoms with Crippen molar-refractivity contribution in [2.75, 3.05) is 0 Å². The van der Waals surface area contributed by atoms with Crippen LogP contribution in [0.4, 0.5) is 0 Å². The van der Waals surface area contributed by atoms with Gasteiger partial charge < -0.3 is 79.2 Å². The average Bonchev–Trinajstić information content (AvgIpc) is 0.851. The summed E-state index contributed by atoms with van der Waals surface area (Å²) >= 11 is 0.